The number of amides is 1. The van der Waals surface area contributed by atoms with Crippen molar-refractivity contribution in [2.75, 3.05) is 44.2 Å². The molecule has 3 rings (SSSR count). The number of nitrogens with zero attached hydrogens (tertiary/aromatic N) is 2. The topological polar surface area (TPSA) is 35.6 Å². The zero-order valence-electron chi connectivity index (χ0n) is 15.5. The minimum atomic E-state index is -0.202. The number of halogens is 1. The molecule has 4 nitrogen and oxygen atoms in total. The molecule has 0 aliphatic carbocycles. The molecule has 1 aliphatic rings. The lowest BCUT2D eigenvalue weighted by Crippen LogP contribution is -2.48. The Labute approximate surface area is 154 Å². The van der Waals surface area contributed by atoms with Crippen molar-refractivity contribution < 1.29 is 9.18 Å². The first-order chi connectivity index (χ1) is 12.5. The van der Waals surface area contributed by atoms with E-state index in [0.717, 1.165) is 55.1 Å². The minimum Gasteiger partial charge on any atom is -0.369 e. The highest BCUT2D eigenvalue weighted by Crippen LogP contribution is 2.16. The molecule has 0 atom stereocenters. The SMILES string of the molecule is Cc1ccc(C(=O)NCCN2CCN(c3ccc(F)cc3)CC2)c(C)c1. The second-order valence-electron chi connectivity index (χ2n) is 6.88. The van der Waals surface area contributed by atoms with Crippen molar-refractivity contribution in [1.29, 1.82) is 0 Å². The highest BCUT2D eigenvalue weighted by molar-refractivity contribution is 5.95. The lowest BCUT2D eigenvalue weighted by Gasteiger charge is -2.36. The van der Waals surface area contributed by atoms with E-state index in [1.54, 1.807) is 0 Å². The Balaban J connectivity index is 1.42. The smallest absolute Gasteiger partial charge is 0.251 e. The maximum Gasteiger partial charge on any atom is 0.251 e. The van der Waals surface area contributed by atoms with Crippen LogP contribution in [0.25, 0.3) is 0 Å². The number of nitrogens with one attached hydrogen (secondary N) is 1. The quantitative estimate of drug-likeness (QED) is 0.896. The number of carbonyl (C=O) groups excluding carboxylic acids is 1. The van der Waals surface area contributed by atoms with E-state index in [1.807, 2.05) is 44.2 Å². The summed E-state index contributed by atoms with van der Waals surface area (Å²) in [4.78, 5) is 16.9. The molecule has 0 saturated carbocycles. The summed E-state index contributed by atoms with van der Waals surface area (Å²) in [6.07, 6.45) is 0. The van der Waals surface area contributed by atoms with Gasteiger partial charge in [-0.3, -0.25) is 9.69 Å². The Morgan fingerprint density at radius 2 is 1.73 bits per heavy atom. The van der Waals surface area contributed by atoms with Gasteiger partial charge in [-0.25, -0.2) is 4.39 Å². The fraction of sp³-hybridized carbons (Fsp3) is 0.381. The van der Waals surface area contributed by atoms with E-state index >= 15 is 0 Å². The van der Waals surface area contributed by atoms with Crippen LogP contribution in [0.2, 0.25) is 0 Å². The van der Waals surface area contributed by atoms with Crippen LogP contribution in [0.3, 0.4) is 0 Å². The number of hydrogen-bond donors (Lipinski definition) is 1. The predicted molar refractivity (Wildman–Crippen MR) is 103 cm³/mol. The van der Waals surface area contributed by atoms with Crippen LogP contribution < -0.4 is 10.2 Å². The third-order valence-electron chi connectivity index (χ3n) is 4.90. The first kappa shape index (κ1) is 18.4. The standard InChI is InChI=1S/C21H26FN3O/c1-16-3-8-20(17(2)15-16)21(26)23-9-10-24-11-13-25(14-12-24)19-6-4-18(22)5-7-19/h3-8,15H,9-14H2,1-2H3,(H,23,26). The fourth-order valence-electron chi connectivity index (χ4n) is 3.37. The molecular formula is C21H26FN3O. The van der Waals surface area contributed by atoms with E-state index in [0.29, 0.717) is 6.54 Å². The van der Waals surface area contributed by atoms with Gasteiger partial charge in [-0.2, -0.15) is 0 Å². The molecule has 1 heterocycles. The van der Waals surface area contributed by atoms with Crippen LogP contribution in [-0.2, 0) is 0 Å². The highest BCUT2D eigenvalue weighted by Gasteiger charge is 2.17. The Bertz CT molecular complexity index is 752. The van der Waals surface area contributed by atoms with Crippen LogP contribution in [0.1, 0.15) is 21.5 Å². The van der Waals surface area contributed by atoms with Crippen molar-refractivity contribution in [3.05, 3.63) is 65.0 Å². The summed E-state index contributed by atoms with van der Waals surface area (Å²) in [5, 5.41) is 3.02. The van der Waals surface area contributed by atoms with Gasteiger partial charge in [0.15, 0.2) is 0 Å². The molecule has 1 fully saturated rings. The van der Waals surface area contributed by atoms with Gasteiger partial charge in [-0.1, -0.05) is 17.7 Å². The highest BCUT2D eigenvalue weighted by atomic mass is 19.1. The number of hydrogen-bond acceptors (Lipinski definition) is 3. The van der Waals surface area contributed by atoms with E-state index < -0.39 is 0 Å². The van der Waals surface area contributed by atoms with E-state index in [-0.39, 0.29) is 11.7 Å². The Morgan fingerprint density at radius 1 is 1.04 bits per heavy atom. The average Bonchev–Trinajstić information content (AvgIpc) is 2.63. The third-order valence-corrected chi connectivity index (χ3v) is 4.90. The van der Waals surface area contributed by atoms with Crippen LogP contribution in [-0.4, -0.2) is 50.1 Å². The summed E-state index contributed by atoms with van der Waals surface area (Å²) in [6.45, 7) is 9.19. The van der Waals surface area contributed by atoms with E-state index in [4.69, 9.17) is 0 Å². The largest absolute Gasteiger partial charge is 0.369 e. The molecule has 1 amide bonds. The number of anilines is 1. The van der Waals surface area contributed by atoms with Gasteiger partial charge < -0.3 is 10.2 Å². The van der Waals surface area contributed by atoms with Gasteiger partial charge in [0, 0.05) is 50.5 Å². The van der Waals surface area contributed by atoms with Crippen molar-refractivity contribution in [2.24, 2.45) is 0 Å². The molecule has 0 unspecified atom stereocenters. The summed E-state index contributed by atoms with van der Waals surface area (Å²) >= 11 is 0. The van der Waals surface area contributed by atoms with E-state index in [9.17, 15) is 9.18 Å². The van der Waals surface area contributed by atoms with Crippen molar-refractivity contribution in [1.82, 2.24) is 10.2 Å². The number of piperazine rings is 1. The number of rotatable bonds is 5. The summed E-state index contributed by atoms with van der Waals surface area (Å²) in [7, 11) is 0. The average molecular weight is 355 g/mol. The third kappa shape index (κ3) is 4.61. The molecule has 0 radical (unpaired) electrons. The molecule has 1 aliphatic heterocycles. The van der Waals surface area contributed by atoms with Crippen LogP contribution >= 0.6 is 0 Å². The van der Waals surface area contributed by atoms with E-state index in [1.165, 1.54) is 12.1 Å². The Hall–Kier alpha value is -2.40. The van der Waals surface area contributed by atoms with Crippen LogP contribution in [0.4, 0.5) is 10.1 Å². The maximum atomic E-state index is 13.0. The van der Waals surface area contributed by atoms with Gasteiger partial charge in [0.1, 0.15) is 5.82 Å². The van der Waals surface area contributed by atoms with Gasteiger partial charge in [-0.15, -0.1) is 0 Å². The second-order valence-corrected chi connectivity index (χ2v) is 6.88. The molecule has 0 spiro atoms. The summed E-state index contributed by atoms with van der Waals surface area (Å²) in [6, 6.07) is 12.6. The summed E-state index contributed by atoms with van der Waals surface area (Å²) in [5.41, 5.74) is 3.99. The predicted octanol–water partition coefficient (Wildman–Crippen LogP) is 2.99. The molecule has 0 aromatic heterocycles. The van der Waals surface area contributed by atoms with Gasteiger partial charge in [0.2, 0.25) is 0 Å². The monoisotopic (exact) mass is 355 g/mol. The molecule has 0 bridgehead atoms. The molecule has 1 saturated heterocycles. The number of aryl methyl sites for hydroxylation is 2. The first-order valence-corrected chi connectivity index (χ1v) is 9.11. The minimum absolute atomic E-state index is 0.00699. The van der Waals surface area contributed by atoms with Crippen LogP contribution in [0, 0.1) is 19.7 Å². The molecular weight excluding hydrogens is 329 g/mol. The molecule has 2 aromatic carbocycles. The van der Waals surface area contributed by atoms with Crippen LogP contribution in [0.15, 0.2) is 42.5 Å². The molecule has 138 valence electrons. The van der Waals surface area contributed by atoms with Crippen molar-refractivity contribution in [2.45, 2.75) is 13.8 Å². The zero-order chi connectivity index (χ0) is 18.5. The zero-order valence-corrected chi connectivity index (χ0v) is 15.5. The maximum absolute atomic E-state index is 13.0. The number of benzene rings is 2. The first-order valence-electron chi connectivity index (χ1n) is 9.11. The van der Waals surface area contributed by atoms with Crippen molar-refractivity contribution in [3.8, 4) is 0 Å². The Kier molecular flexibility index (Phi) is 5.89. The van der Waals surface area contributed by atoms with Crippen LogP contribution in [0.5, 0.6) is 0 Å². The summed E-state index contributed by atoms with van der Waals surface area (Å²) < 4.78 is 13.0. The van der Waals surface area contributed by atoms with Gasteiger partial charge in [0.25, 0.3) is 5.91 Å². The fourth-order valence-corrected chi connectivity index (χ4v) is 3.37. The lowest BCUT2D eigenvalue weighted by atomic mass is 10.1. The van der Waals surface area contributed by atoms with Gasteiger partial charge >= 0.3 is 0 Å². The number of carbonyl (C=O) groups is 1. The molecule has 26 heavy (non-hydrogen) atoms. The van der Waals surface area contributed by atoms with Gasteiger partial charge in [-0.05, 0) is 49.7 Å². The normalized spacial score (nSPS) is 15.1. The summed E-state index contributed by atoms with van der Waals surface area (Å²) in [5.74, 6) is -0.209. The van der Waals surface area contributed by atoms with Crippen molar-refractivity contribution in [3.63, 3.8) is 0 Å². The lowest BCUT2D eigenvalue weighted by molar-refractivity contribution is 0.0947. The van der Waals surface area contributed by atoms with Gasteiger partial charge in [0.05, 0.1) is 0 Å². The molecule has 5 heteroatoms. The molecule has 2 aromatic rings. The molecule has 1 N–H and O–H groups in total. The van der Waals surface area contributed by atoms with Crippen molar-refractivity contribution >= 4 is 11.6 Å². The van der Waals surface area contributed by atoms with E-state index in [2.05, 4.69) is 15.1 Å². The Morgan fingerprint density at radius 3 is 2.38 bits per heavy atom. The second kappa shape index (κ2) is 8.32.